The van der Waals surface area contributed by atoms with Gasteiger partial charge in [-0.2, -0.15) is 18.4 Å². The first-order chi connectivity index (χ1) is 11.0. The fourth-order valence-electron chi connectivity index (χ4n) is 1.83. The molecule has 0 saturated carbocycles. The first-order valence-electron chi connectivity index (χ1n) is 6.31. The molecule has 1 aromatic heterocycles. The molecule has 0 aliphatic heterocycles. The monoisotopic (exact) mass is 399 g/mol. The van der Waals surface area contributed by atoms with Gasteiger partial charge in [-0.05, 0) is 36.8 Å². The van der Waals surface area contributed by atoms with Gasteiger partial charge in [0.05, 0.1) is 21.2 Å². The molecule has 0 atom stereocenters. The molecule has 0 amide bonds. The molecule has 5 nitrogen and oxygen atoms in total. The van der Waals surface area contributed by atoms with E-state index in [4.69, 9.17) is 16.9 Å². The van der Waals surface area contributed by atoms with Crippen LogP contribution in [0.15, 0.2) is 35.4 Å². The summed E-state index contributed by atoms with van der Waals surface area (Å²) in [4.78, 5) is 3.12. The maximum absolute atomic E-state index is 12.9. The van der Waals surface area contributed by atoms with E-state index in [0.717, 1.165) is 12.1 Å². The van der Waals surface area contributed by atoms with E-state index in [1.807, 2.05) is 0 Å². The summed E-state index contributed by atoms with van der Waals surface area (Å²) in [5.74, 6) is 0. The van der Waals surface area contributed by atoms with E-state index in [0.29, 0.717) is 11.6 Å². The number of anilines is 1. The number of rotatable bonds is 3. The van der Waals surface area contributed by atoms with Crippen LogP contribution >= 0.6 is 11.6 Å². The summed E-state index contributed by atoms with van der Waals surface area (Å²) in [6.07, 6.45) is -3.44. The number of aryl methyl sites for hydroxylation is 1. The zero-order chi connectivity index (χ0) is 18.1. The van der Waals surface area contributed by atoms with E-state index in [1.54, 1.807) is 13.0 Å². The van der Waals surface area contributed by atoms with Crippen LogP contribution < -0.4 is 34.3 Å². The molecule has 0 fully saturated rings. The summed E-state index contributed by atoms with van der Waals surface area (Å²) >= 11 is 5.47. The molecule has 2 aromatic rings. The van der Waals surface area contributed by atoms with E-state index in [2.05, 4.69) is 9.71 Å². The van der Waals surface area contributed by atoms with Crippen molar-refractivity contribution in [1.82, 2.24) is 4.98 Å². The molecular formula is C14H10ClF3N3NaO2S. The summed E-state index contributed by atoms with van der Waals surface area (Å²) in [5.41, 5.74) is -1.02. The second-order valence-electron chi connectivity index (χ2n) is 4.77. The van der Waals surface area contributed by atoms with E-state index < -0.39 is 31.7 Å². The van der Waals surface area contributed by atoms with Crippen LogP contribution in [0.4, 0.5) is 18.9 Å². The minimum atomic E-state index is -4.80. The van der Waals surface area contributed by atoms with Crippen LogP contribution in [0.1, 0.15) is 18.2 Å². The topological polar surface area (TPSA) is 82.8 Å². The maximum atomic E-state index is 12.9. The van der Waals surface area contributed by atoms with Crippen LogP contribution in [-0.4, -0.2) is 13.4 Å². The van der Waals surface area contributed by atoms with Crippen molar-refractivity contribution in [2.45, 2.75) is 18.0 Å². The number of alkyl halides is 3. The zero-order valence-corrected chi connectivity index (χ0v) is 16.6. The van der Waals surface area contributed by atoms with Gasteiger partial charge in [0, 0.05) is 6.20 Å². The van der Waals surface area contributed by atoms with Crippen molar-refractivity contribution in [3.8, 4) is 6.07 Å². The molecule has 0 radical (unpaired) electrons. The summed E-state index contributed by atoms with van der Waals surface area (Å²) in [6, 6.07) is 5.27. The van der Waals surface area contributed by atoms with Gasteiger partial charge in [-0.15, -0.1) is 0 Å². The van der Waals surface area contributed by atoms with Gasteiger partial charge in [0.25, 0.3) is 10.0 Å². The standard InChI is InChI=1S/C14H9ClF3N3O2S.Na.H/c1-8-4-12(13(6-19)20-7-8)21-24(22,23)9-2-3-11(15)10(5-9)14(16,17)18;;/h2-5,7,21H,1H3;;/q;+1;-1. The minimum absolute atomic E-state index is 0. The van der Waals surface area contributed by atoms with E-state index in [-0.39, 0.29) is 42.4 Å². The number of nitrogens with zero attached hydrogens (tertiary/aromatic N) is 2. The number of aromatic nitrogens is 1. The number of hydrogen-bond acceptors (Lipinski definition) is 4. The molecule has 0 aliphatic carbocycles. The Balaban J connectivity index is 0.00000312. The van der Waals surface area contributed by atoms with Crippen LogP contribution in [-0.2, 0) is 16.2 Å². The molecule has 1 heterocycles. The van der Waals surface area contributed by atoms with Crippen molar-refractivity contribution in [1.29, 1.82) is 5.26 Å². The second-order valence-corrected chi connectivity index (χ2v) is 6.86. The third kappa shape index (κ3) is 5.09. The Bertz CT molecular complexity index is 949. The zero-order valence-electron chi connectivity index (χ0n) is 14.0. The Morgan fingerprint density at radius 1 is 1.32 bits per heavy atom. The molecule has 0 spiro atoms. The van der Waals surface area contributed by atoms with Gasteiger partial charge in [-0.25, -0.2) is 13.4 Å². The molecule has 11 heteroatoms. The summed E-state index contributed by atoms with van der Waals surface area (Å²) in [5, 5.41) is 8.34. The molecule has 0 aliphatic rings. The number of sulfonamides is 1. The molecule has 25 heavy (non-hydrogen) atoms. The van der Waals surface area contributed by atoms with Gasteiger partial charge < -0.3 is 1.43 Å². The van der Waals surface area contributed by atoms with Crippen molar-refractivity contribution in [2.75, 3.05) is 4.72 Å². The summed E-state index contributed by atoms with van der Waals surface area (Å²) < 4.78 is 65.3. The van der Waals surface area contributed by atoms with Gasteiger partial charge in [-0.1, -0.05) is 11.6 Å². The third-order valence-corrected chi connectivity index (χ3v) is 4.62. The van der Waals surface area contributed by atoms with Crippen molar-refractivity contribution in [3.63, 3.8) is 0 Å². The Morgan fingerprint density at radius 2 is 1.96 bits per heavy atom. The second kappa shape index (κ2) is 7.93. The fraction of sp³-hybridized carbons (Fsp3) is 0.143. The smallest absolute Gasteiger partial charge is 1.00 e. The van der Waals surface area contributed by atoms with Gasteiger partial charge >= 0.3 is 35.7 Å². The van der Waals surface area contributed by atoms with Crippen LogP contribution in [0.2, 0.25) is 5.02 Å². The van der Waals surface area contributed by atoms with Crippen molar-refractivity contribution < 1.29 is 52.6 Å². The summed E-state index contributed by atoms with van der Waals surface area (Å²) in [7, 11) is -4.36. The number of halogens is 4. The molecule has 1 aromatic carbocycles. The fourth-order valence-corrected chi connectivity index (χ4v) is 3.14. The normalized spacial score (nSPS) is 11.4. The van der Waals surface area contributed by atoms with Crippen molar-refractivity contribution in [3.05, 3.63) is 52.3 Å². The molecule has 128 valence electrons. The largest absolute Gasteiger partial charge is 1.00 e. The van der Waals surface area contributed by atoms with Crippen molar-refractivity contribution >= 4 is 27.3 Å². The van der Waals surface area contributed by atoms with Gasteiger partial charge in [0.1, 0.15) is 6.07 Å². The number of benzene rings is 1. The molecule has 0 unspecified atom stereocenters. The van der Waals surface area contributed by atoms with Gasteiger partial charge in [0.2, 0.25) is 0 Å². The number of hydrogen-bond donors (Lipinski definition) is 1. The first-order valence-corrected chi connectivity index (χ1v) is 8.17. The van der Waals surface area contributed by atoms with Gasteiger partial charge in [-0.3, -0.25) is 4.72 Å². The Morgan fingerprint density at radius 3 is 2.52 bits per heavy atom. The summed E-state index contributed by atoms with van der Waals surface area (Å²) in [6.45, 7) is 1.62. The van der Waals surface area contributed by atoms with Gasteiger partial charge in [0.15, 0.2) is 5.69 Å². The molecule has 2 rings (SSSR count). The van der Waals surface area contributed by atoms with E-state index >= 15 is 0 Å². The maximum Gasteiger partial charge on any atom is 1.00 e. The first kappa shape index (κ1) is 21.7. The molecule has 0 saturated heterocycles. The molecular weight excluding hydrogens is 390 g/mol. The van der Waals surface area contributed by atoms with Crippen molar-refractivity contribution in [2.24, 2.45) is 0 Å². The predicted molar refractivity (Wildman–Crippen MR) is 82.1 cm³/mol. The average molecular weight is 400 g/mol. The molecule has 0 bridgehead atoms. The van der Waals surface area contributed by atoms with Crippen LogP contribution in [0.25, 0.3) is 0 Å². The minimum Gasteiger partial charge on any atom is -1.00 e. The average Bonchev–Trinajstić information content (AvgIpc) is 2.46. The van der Waals surface area contributed by atoms with E-state index in [1.165, 1.54) is 12.3 Å². The SMILES string of the molecule is Cc1cnc(C#N)c(NS(=O)(=O)c2ccc(Cl)c(C(F)(F)F)c2)c1.[H-].[Na+]. The van der Waals surface area contributed by atoms with Crippen LogP contribution in [0.5, 0.6) is 0 Å². The Kier molecular flexibility index (Phi) is 6.89. The van der Waals surface area contributed by atoms with Crippen LogP contribution in [0, 0.1) is 18.3 Å². The quantitative estimate of drug-likeness (QED) is 0.776. The Labute approximate surface area is 170 Å². The van der Waals surface area contributed by atoms with E-state index in [9.17, 15) is 21.6 Å². The number of pyridine rings is 1. The number of nitrogens with one attached hydrogen (secondary N) is 1. The number of nitriles is 1. The van der Waals surface area contributed by atoms with Crippen LogP contribution in [0.3, 0.4) is 0 Å². The molecule has 1 N–H and O–H groups in total. The Hall–Kier alpha value is -1.31. The third-order valence-electron chi connectivity index (χ3n) is 2.93. The predicted octanol–water partition coefficient (Wildman–Crippen LogP) is 0.851.